The van der Waals surface area contributed by atoms with Crippen LogP contribution in [0.15, 0.2) is 59.1 Å². The van der Waals surface area contributed by atoms with Crippen molar-refractivity contribution >= 4 is 17.5 Å². The van der Waals surface area contributed by atoms with Crippen molar-refractivity contribution in [1.82, 2.24) is 10.3 Å². The van der Waals surface area contributed by atoms with Gasteiger partial charge in [0.25, 0.3) is 5.91 Å². The SMILES string of the molecule is C[C@@H](NC(=O)CCc1ncc(-c2ccccc2)o1)c1ccc2c(c1)NC(=O)CO2. The van der Waals surface area contributed by atoms with Crippen LogP contribution in [0, 0.1) is 0 Å². The van der Waals surface area contributed by atoms with Crippen LogP contribution in [0.25, 0.3) is 11.3 Å². The average Bonchev–Trinajstić information content (AvgIpc) is 3.21. The molecule has 0 fully saturated rings. The minimum absolute atomic E-state index is 0.0193. The minimum atomic E-state index is -0.212. The zero-order valence-corrected chi connectivity index (χ0v) is 16.0. The summed E-state index contributed by atoms with van der Waals surface area (Å²) in [5, 5.41) is 5.73. The smallest absolute Gasteiger partial charge is 0.262 e. The lowest BCUT2D eigenvalue weighted by atomic mass is 10.1. The number of aromatic nitrogens is 1. The molecule has 29 heavy (non-hydrogen) atoms. The van der Waals surface area contributed by atoms with E-state index in [-0.39, 0.29) is 30.9 Å². The Bertz CT molecular complexity index is 1030. The van der Waals surface area contributed by atoms with E-state index in [1.807, 2.05) is 49.4 Å². The van der Waals surface area contributed by atoms with Crippen LogP contribution in [0.2, 0.25) is 0 Å². The molecule has 4 rings (SSSR count). The molecule has 1 aliphatic rings. The van der Waals surface area contributed by atoms with Gasteiger partial charge in [0, 0.05) is 18.4 Å². The van der Waals surface area contributed by atoms with Crippen LogP contribution in [0.5, 0.6) is 5.75 Å². The summed E-state index contributed by atoms with van der Waals surface area (Å²) < 4.78 is 11.1. The Labute approximate surface area is 168 Å². The van der Waals surface area contributed by atoms with E-state index in [9.17, 15) is 9.59 Å². The molecule has 1 atom stereocenters. The fourth-order valence-electron chi connectivity index (χ4n) is 3.15. The first kappa shape index (κ1) is 18.7. The third-order valence-electron chi connectivity index (χ3n) is 4.69. The van der Waals surface area contributed by atoms with E-state index in [1.54, 1.807) is 12.3 Å². The van der Waals surface area contributed by atoms with E-state index >= 15 is 0 Å². The molecule has 7 nitrogen and oxygen atoms in total. The number of carbonyl (C=O) groups is 2. The van der Waals surface area contributed by atoms with Crippen LogP contribution in [-0.4, -0.2) is 23.4 Å². The molecule has 3 aromatic rings. The Hall–Kier alpha value is -3.61. The molecule has 2 N–H and O–H groups in total. The number of nitrogens with one attached hydrogen (secondary N) is 2. The number of hydrogen-bond acceptors (Lipinski definition) is 5. The third kappa shape index (κ3) is 4.45. The number of carbonyl (C=O) groups excluding carboxylic acids is 2. The number of aryl methyl sites for hydroxylation is 1. The monoisotopic (exact) mass is 391 g/mol. The zero-order valence-electron chi connectivity index (χ0n) is 16.0. The summed E-state index contributed by atoms with van der Waals surface area (Å²) in [7, 11) is 0. The number of nitrogens with zero attached hydrogens (tertiary/aromatic N) is 1. The highest BCUT2D eigenvalue weighted by atomic mass is 16.5. The van der Waals surface area contributed by atoms with Crippen LogP contribution in [0.1, 0.15) is 30.8 Å². The Kier molecular flexibility index (Phi) is 5.29. The normalized spacial score (nSPS) is 13.8. The second-order valence-electron chi connectivity index (χ2n) is 6.87. The average molecular weight is 391 g/mol. The molecule has 2 amide bonds. The molecule has 2 aromatic carbocycles. The van der Waals surface area contributed by atoms with E-state index in [4.69, 9.17) is 9.15 Å². The molecule has 0 saturated heterocycles. The van der Waals surface area contributed by atoms with Crippen molar-refractivity contribution in [3.63, 3.8) is 0 Å². The van der Waals surface area contributed by atoms with Crippen molar-refractivity contribution in [2.45, 2.75) is 25.8 Å². The second-order valence-corrected chi connectivity index (χ2v) is 6.87. The highest BCUT2D eigenvalue weighted by molar-refractivity contribution is 5.95. The van der Waals surface area contributed by atoms with Crippen molar-refractivity contribution in [3.05, 3.63) is 66.2 Å². The summed E-state index contributed by atoms with van der Waals surface area (Å²) in [4.78, 5) is 28.1. The largest absolute Gasteiger partial charge is 0.482 e. The molecule has 0 saturated carbocycles. The van der Waals surface area contributed by atoms with Gasteiger partial charge >= 0.3 is 0 Å². The van der Waals surface area contributed by atoms with E-state index in [1.165, 1.54) is 0 Å². The Morgan fingerprint density at radius 1 is 1.24 bits per heavy atom. The van der Waals surface area contributed by atoms with Gasteiger partial charge in [0.1, 0.15) is 5.75 Å². The van der Waals surface area contributed by atoms with Crippen molar-refractivity contribution in [2.75, 3.05) is 11.9 Å². The van der Waals surface area contributed by atoms with Crippen LogP contribution < -0.4 is 15.4 Å². The highest BCUT2D eigenvalue weighted by Gasteiger charge is 2.18. The zero-order chi connectivity index (χ0) is 20.2. The maximum atomic E-state index is 12.3. The lowest BCUT2D eigenvalue weighted by Crippen LogP contribution is -2.28. The molecule has 0 spiro atoms. The first-order chi connectivity index (χ1) is 14.1. The van der Waals surface area contributed by atoms with Crippen LogP contribution in [-0.2, 0) is 16.0 Å². The molecular weight excluding hydrogens is 370 g/mol. The molecule has 2 heterocycles. The summed E-state index contributed by atoms with van der Waals surface area (Å²) >= 11 is 0. The number of fused-ring (bicyclic) bond motifs is 1. The topological polar surface area (TPSA) is 93.5 Å². The van der Waals surface area contributed by atoms with Gasteiger partial charge in [-0.25, -0.2) is 4.98 Å². The van der Waals surface area contributed by atoms with Crippen LogP contribution >= 0.6 is 0 Å². The maximum absolute atomic E-state index is 12.3. The Morgan fingerprint density at radius 3 is 2.90 bits per heavy atom. The summed E-state index contributed by atoms with van der Waals surface area (Å²) in [6, 6.07) is 15.0. The molecule has 0 bridgehead atoms. The fourth-order valence-corrected chi connectivity index (χ4v) is 3.15. The molecule has 0 aliphatic carbocycles. The predicted molar refractivity (Wildman–Crippen MR) is 107 cm³/mol. The van der Waals surface area contributed by atoms with Gasteiger partial charge in [-0.1, -0.05) is 36.4 Å². The second kappa shape index (κ2) is 8.18. The summed E-state index contributed by atoms with van der Waals surface area (Å²) in [6.07, 6.45) is 2.36. The maximum Gasteiger partial charge on any atom is 0.262 e. The molecule has 0 radical (unpaired) electrons. The number of hydrogen-bond donors (Lipinski definition) is 2. The Morgan fingerprint density at radius 2 is 2.07 bits per heavy atom. The van der Waals surface area contributed by atoms with Crippen LogP contribution in [0.3, 0.4) is 0 Å². The molecule has 7 heteroatoms. The lowest BCUT2D eigenvalue weighted by Gasteiger charge is -2.21. The van der Waals surface area contributed by atoms with Crippen molar-refractivity contribution in [2.24, 2.45) is 0 Å². The fraction of sp³-hybridized carbons (Fsp3) is 0.227. The van der Waals surface area contributed by atoms with Crippen molar-refractivity contribution in [3.8, 4) is 17.1 Å². The summed E-state index contributed by atoms with van der Waals surface area (Å²) in [5.74, 6) is 1.56. The summed E-state index contributed by atoms with van der Waals surface area (Å²) in [5.41, 5.74) is 2.45. The number of anilines is 1. The van der Waals surface area contributed by atoms with Crippen molar-refractivity contribution in [1.29, 1.82) is 0 Å². The highest BCUT2D eigenvalue weighted by Crippen LogP contribution is 2.30. The van der Waals surface area contributed by atoms with Gasteiger partial charge in [-0.2, -0.15) is 0 Å². The Balaban J connectivity index is 1.32. The first-order valence-electron chi connectivity index (χ1n) is 9.44. The molecule has 1 aliphatic heterocycles. The van der Waals surface area contributed by atoms with Crippen molar-refractivity contribution < 1.29 is 18.7 Å². The number of oxazole rings is 1. The first-order valence-corrected chi connectivity index (χ1v) is 9.44. The number of rotatable bonds is 6. The van der Waals surface area contributed by atoms with E-state index in [0.29, 0.717) is 29.5 Å². The molecule has 148 valence electrons. The molecule has 1 aromatic heterocycles. The predicted octanol–water partition coefficient (Wildman–Crippen LogP) is 3.48. The number of amides is 2. The molecular formula is C22H21N3O4. The summed E-state index contributed by atoms with van der Waals surface area (Å²) in [6.45, 7) is 1.91. The lowest BCUT2D eigenvalue weighted by molar-refractivity contribution is -0.122. The van der Waals surface area contributed by atoms with Gasteiger partial charge in [0.2, 0.25) is 5.91 Å². The van der Waals surface area contributed by atoms with Gasteiger partial charge in [-0.3, -0.25) is 9.59 Å². The van der Waals surface area contributed by atoms with Crippen LogP contribution in [0.4, 0.5) is 5.69 Å². The standard InChI is InChI=1S/C22H21N3O4/c1-14(16-7-8-18-17(11-16)25-21(27)13-28-18)24-20(26)9-10-22-23-12-19(29-22)15-5-3-2-4-6-15/h2-8,11-12,14H,9-10,13H2,1H3,(H,24,26)(H,25,27)/t14-/m1/s1. The van der Waals surface area contributed by atoms with Gasteiger partial charge in [0.05, 0.1) is 17.9 Å². The van der Waals surface area contributed by atoms with E-state index < -0.39 is 0 Å². The van der Waals surface area contributed by atoms with Gasteiger partial charge in [0.15, 0.2) is 18.3 Å². The van der Waals surface area contributed by atoms with Gasteiger partial charge in [-0.15, -0.1) is 0 Å². The van der Waals surface area contributed by atoms with E-state index in [2.05, 4.69) is 15.6 Å². The van der Waals surface area contributed by atoms with Gasteiger partial charge < -0.3 is 19.8 Å². The minimum Gasteiger partial charge on any atom is -0.482 e. The number of ether oxygens (including phenoxy) is 1. The van der Waals surface area contributed by atoms with E-state index in [0.717, 1.165) is 11.1 Å². The molecule has 0 unspecified atom stereocenters. The van der Waals surface area contributed by atoms with Gasteiger partial charge in [-0.05, 0) is 24.6 Å². The third-order valence-corrected chi connectivity index (χ3v) is 4.69. The number of benzene rings is 2. The quantitative estimate of drug-likeness (QED) is 0.671.